The number of aromatic nitrogens is 1. The molecule has 2 rings (SSSR count). The van der Waals surface area contributed by atoms with E-state index in [1.54, 1.807) is 6.07 Å². The molecular weight excluding hydrogens is 482 g/mol. The number of benzene rings is 1. The molecule has 5 nitrogen and oxygen atoms in total. The van der Waals surface area contributed by atoms with Gasteiger partial charge in [-0.05, 0) is 31.5 Å². The van der Waals surface area contributed by atoms with Gasteiger partial charge in [0.15, 0.2) is 5.75 Å². The van der Waals surface area contributed by atoms with Crippen LogP contribution >= 0.6 is 0 Å². The molecule has 0 amide bonds. The Hall–Kier alpha value is -2.11. The molecule has 2 aromatic rings. The van der Waals surface area contributed by atoms with E-state index < -0.39 is 0 Å². The van der Waals surface area contributed by atoms with Gasteiger partial charge in [0.25, 0.3) is 0 Å². The van der Waals surface area contributed by atoms with Crippen LogP contribution in [0.5, 0.6) is 5.75 Å². The van der Waals surface area contributed by atoms with Gasteiger partial charge in [-0.2, -0.15) is 0 Å². The number of nitrogens with two attached hydrogens (primary N) is 1. The van der Waals surface area contributed by atoms with Gasteiger partial charge in [0.1, 0.15) is 0 Å². The second kappa shape index (κ2) is 22.7. The van der Waals surface area contributed by atoms with Gasteiger partial charge in [-0.3, -0.25) is 4.79 Å². The Labute approximate surface area is 238 Å². The minimum atomic E-state index is -0.0357. The molecule has 0 saturated carbocycles. The van der Waals surface area contributed by atoms with Crippen molar-refractivity contribution in [3.05, 3.63) is 64.1 Å². The van der Waals surface area contributed by atoms with Crippen molar-refractivity contribution in [2.75, 3.05) is 19.7 Å². The molecule has 0 radical (unpaired) electrons. The number of nitrogens with zero attached hydrogens (tertiary/aromatic N) is 1. The molecule has 1 heterocycles. The predicted molar refractivity (Wildman–Crippen MR) is 167 cm³/mol. The third kappa shape index (κ3) is 15.9. The maximum atomic E-state index is 12.8. The van der Waals surface area contributed by atoms with E-state index in [2.05, 4.69) is 28.9 Å². The number of pyridine rings is 1. The summed E-state index contributed by atoms with van der Waals surface area (Å²) in [5.74, 6) is 0.456. The average molecular weight is 540 g/mol. The van der Waals surface area contributed by atoms with E-state index in [4.69, 9.17) is 10.5 Å². The van der Waals surface area contributed by atoms with Crippen molar-refractivity contribution >= 4 is 0 Å². The fourth-order valence-electron chi connectivity index (χ4n) is 5.06. The highest BCUT2D eigenvalue weighted by molar-refractivity contribution is 5.24. The largest absolute Gasteiger partial charge is 0.488 e. The molecule has 1 aromatic heterocycles. The summed E-state index contributed by atoms with van der Waals surface area (Å²) in [6.07, 6.45) is 24.4. The van der Waals surface area contributed by atoms with Crippen molar-refractivity contribution in [3.8, 4) is 5.75 Å². The Morgan fingerprint density at radius 2 is 1.33 bits per heavy atom. The van der Waals surface area contributed by atoms with Crippen molar-refractivity contribution in [2.24, 2.45) is 5.73 Å². The summed E-state index contributed by atoms with van der Waals surface area (Å²) in [4.78, 5) is 12.8. The first kappa shape index (κ1) is 33.1. The Morgan fingerprint density at radius 1 is 0.769 bits per heavy atom. The van der Waals surface area contributed by atoms with Crippen LogP contribution in [-0.2, 0) is 13.1 Å². The van der Waals surface area contributed by atoms with E-state index in [0.29, 0.717) is 32.0 Å². The van der Waals surface area contributed by atoms with Crippen LogP contribution in [-0.4, -0.2) is 24.3 Å². The lowest BCUT2D eigenvalue weighted by molar-refractivity contribution is 0.298. The maximum Gasteiger partial charge on any atom is 0.223 e. The first-order chi connectivity index (χ1) is 19.2. The molecule has 1 aromatic carbocycles. The third-order valence-corrected chi connectivity index (χ3v) is 7.50. The summed E-state index contributed by atoms with van der Waals surface area (Å²) in [7, 11) is 0. The Bertz CT molecular complexity index is 897. The third-order valence-electron chi connectivity index (χ3n) is 7.50. The monoisotopic (exact) mass is 539 g/mol. The van der Waals surface area contributed by atoms with Crippen LogP contribution in [0.15, 0.2) is 47.4 Å². The van der Waals surface area contributed by atoms with Gasteiger partial charge in [-0.25, -0.2) is 0 Å². The fraction of sp³-hybridized carbons (Fsp3) is 0.676. The summed E-state index contributed by atoms with van der Waals surface area (Å²) >= 11 is 0. The molecule has 3 N–H and O–H groups in total. The van der Waals surface area contributed by atoms with Gasteiger partial charge in [-0.1, -0.05) is 134 Å². The normalized spacial score (nSPS) is 11.2. The van der Waals surface area contributed by atoms with Crippen LogP contribution < -0.4 is 21.2 Å². The summed E-state index contributed by atoms with van der Waals surface area (Å²) in [6, 6.07) is 12.1. The van der Waals surface area contributed by atoms with Crippen molar-refractivity contribution in [1.29, 1.82) is 0 Å². The molecule has 0 aliphatic carbocycles. The number of ether oxygens (including phenoxy) is 1. The number of hydrogen-bond acceptors (Lipinski definition) is 4. The van der Waals surface area contributed by atoms with E-state index in [1.165, 1.54) is 102 Å². The van der Waals surface area contributed by atoms with E-state index in [0.717, 1.165) is 25.1 Å². The summed E-state index contributed by atoms with van der Waals surface area (Å²) in [6.45, 7) is 5.75. The first-order valence-electron chi connectivity index (χ1n) is 16.1. The fourth-order valence-corrected chi connectivity index (χ4v) is 5.06. The molecule has 0 spiro atoms. The lowest BCUT2D eigenvalue weighted by Gasteiger charge is -2.16. The van der Waals surface area contributed by atoms with Gasteiger partial charge in [-0.15, -0.1) is 0 Å². The quantitative estimate of drug-likeness (QED) is 0.126. The highest BCUT2D eigenvalue weighted by Gasteiger charge is 2.09. The summed E-state index contributed by atoms with van der Waals surface area (Å²) < 4.78 is 8.10. The molecule has 0 saturated heterocycles. The number of rotatable bonds is 25. The molecule has 220 valence electrons. The van der Waals surface area contributed by atoms with E-state index in [9.17, 15) is 4.79 Å². The van der Waals surface area contributed by atoms with Crippen LogP contribution in [0.4, 0.5) is 0 Å². The van der Waals surface area contributed by atoms with E-state index in [-0.39, 0.29) is 5.43 Å². The Balaban J connectivity index is 1.60. The Morgan fingerprint density at radius 3 is 1.90 bits per heavy atom. The minimum Gasteiger partial charge on any atom is -0.488 e. The molecule has 0 unspecified atom stereocenters. The molecule has 0 bridgehead atoms. The molecule has 0 aliphatic heterocycles. The van der Waals surface area contributed by atoms with E-state index in [1.807, 2.05) is 24.4 Å². The molecule has 5 heteroatoms. The van der Waals surface area contributed by atoms with Crippen molar-refractivity contribution in [2.45, 2.75) is 129 Å². The van der Waals surface area contributed by atoms with E-state index >= 15 is 0 Å². The maximum absolute atomic E-state index is 12.8. The van der Waals surface area contributed by atoms with Crippen molar-refractivity contribution < 1.29 is 4.74 Å². The predicted octanol–water partition coefficient (Wildman–Crippen LogP) is 7.98. The average Bonchev–Trinajstić information content (AvgIpc) is 2.95. The second-order valence-corrected chi connectivity index (χ2v) is 11.1. The van der Waals surface area contributed by atoms with Crippen LogP contribution in [0, 0.1) is 0 Å². The molecule has 39 heavy (non-hydrogen) atoms. The second-order valence-electron chi connectivity index (χ2n) is 11.1. The van der Waals surface area contributed by atoms with Gasteiger partial charge >= 0.3 is 0 Å². The summed E-state index contributed by atoms with van der Waals surface area (Å²) in [5.41, 5.74) is 7.74. The van der Waals surface area contributed by atoms with Gasteiger partial charge < -0.3 is 20.4 Å². The first-order valence-corrected chi connectivity index (χ1v) is 16.1. The molecule has 0 aliphatic rings. The van der Waals surface area contributed by atoms with Crippen molar-refractivity contribution in [3.63, 3.8) is 0 Å². The lowest BCUT2D eigenvalue weighted by atomic mass is 10.0. The molecule has 0 atom stereocenters. The highest BCUT2D eigenvalue weighted by Crippen LogP contribution is 2.15. The van der Waals surface area contributed by atoms with Crippen LogP contribution in [0.25, 0.3) is 0 Å². The lowest BCUT2D eigenvalue weighted by Crippen LogP contribution is -2.23. The minimum absolute atomic E-state index is 0.0357. The van der Waals surface area contributed by atoms with Gasteiger partial charge in [0, 0.05) is 24.8 Å². The SMILES string of the molecule is CCCCCCCCCCCCCCCCCCOc1cn(Cc2ccccc2)c(CNCCCN)cc1=O. The van der Waals surface area contributed by atoms with Gasteiger partial charge in [0.05, 0.1) is 12.8 Å². The van der Waals surface area contributed by atoms with Crippen molar-refractivity contribution in [1.82, 2.24) is 9.88 Å². The summed E-state index contributed by atoms with van der Waals surface area (Å²) in [5, 5.41) is 3.40. The van der Waals surface area contributed by atoms with Crippen LogP contribution in [0.2, 0.25) is 0 Å². The topological polar surface area (TPSA) is 69.3 Å². The smallest absolute Gasteiger partial charge is 0.223 e. The molecule has 0 fully saturated rings. The standard InChI is InChI=1S/C34H57N3O2/c1-2-3-4-5-6-7-8-9-10-11-12-13-14-15-16-20-26-39-34-30-37(29-31-22-18-17-19-23-31)32(27-33(34)38)28-36-25-21-24-35/h17-19,22-23,27,30,36H,2-16,20-21,24-26,28-29,35H2,1H3. The zero-order valence-electron chi connectivity index (χ0n) is 24.9. The van der Waals surface area contributed by atoms with Gasteiger partial charge in [0.2, 0.25) is 5.43 Å². The molecular formula is C34H57N3O2. The zero-order valence-corrected chi connectivity index (χ0v) is 24.9. The zero-order chi connectivity index (χ0) is 27.8. The highest BCUT2D eigenvalue weighted by atomic mass is 16.5. The number of unbranched alkanes of at least 4 members (excludes halogenated alkanes) is 15. The van der Waals surface area contributed by atoms with Crippen LogP contribution in [0.3, 0.4) is 0 Å². The number of nitrogens with one attached hydrogen (secondary N) is 1. The number of hydrogen-bond donors (Lipinski definition) is 2. The van der Waals surface area contributed by atoms with Crippen LogP contribution in [0.1, 0.15) is 127 Å². The Kier molecular flexibility index (Phi) is 19.2.